The van der Waals surface area contributed by atoms with Gasteiger partial charge in [0.2, 0.25) is 0 Å². The van der Waals surface area contributed by atoms with Crippen LogP contribution in [-0.4, -0.2) is 24.7 Å². The van der Waals surface area contributed by atoms with Crippen LogP contribution in [0.25, 0.3) is 32.9 Å². The highest BCUT2D eigenvalue weighted by atomic mass is 32.2. The summed E-state index contributed by atoms with van der Waals surface area (Å²) in [6.07, 6.45) is 3.61. The Bertz CT molecular complexity index is 1480. The largest absolute Gasteiger partial charge is 0.464 e. The van der Waals surface area contributed by atoms with E-state index in [2.05, 4.69) is 20.2 Å². The van der Waals surface area contributed by atoms with Crippen molar-refractivity contribution in [3.8, 4) is 22.7 Å². The monoisotopic (exact) mass is 465 g/mol. The molecule has 1 fully saturated rings. The van der Waals surface area contributed by atoms with Crippen molar-refractivity contribution >= 4 is 33.3 Å². The molecule has 32 heavy (non-hydrogen) atoms. The molecular weight excluding hydrogens is 449 g/mol. The van der Waals surface area contributed by atoms with Crippen LogP contribution in [-0.2, 0) is 5.75 Å². The van der Waals surface area contributed by atoms with Gasteiger partial charge in [0, 0.05) is 17.0 Å². The van der Waals surface area contributed by atoms with E-state index in [0.29, 0.717) is 44.1 Å². The molecule has 4 aromatic heterocycles. The Labute approximate surface area is 189 Å². The maximum Gasteiger partial charge on any atom is 0.260 e. The lowest BCUT2D eigenvalue weighted by atomic mass is 10.2. The quantitative estimate of drug-likeness (QED) is 0.344. The molecule has 0 spiro atoms. The summed E-state index contributed by atoms with van der Waals surface area (Å²) in [4.78, 5) is 21.0. The Kier molecular flexibility index (Phi) is 4.69. The second-order valence-electron chi connectivity index (χ2n) is 7.50. The van der Waals surface area contributed by atoms with E-state index >= 15 is 0 Å². The Morgan fingerprint density at radius 3 is 2.84 bits per heavy atom. The van der Waals surface area contributed by atoms with Crippen molar-refractivity contribution in [2.45, 2.75) is 29.8 Å². The van der Waals surface area contributed by atoms with Crippen molar-refractivity contribution in [1.29, 1.82) is 0 Å². The summed E-state index contributed by atoms with van der Waals surface area (Å²) in [6.45, 7) is 0. The number of aromatic nitrogens is 5. The zero-order valence-corrected chi connectivity index (χ0v) is 18.3. The molecule has 1 saturated carbocycles. The lowest BCUT2D eigenvalue weighted by molar-refractivity contribution is 0.583. The third kappa shape index (κ3) is 3.35. The van der Waals surface area contributed by atoms with Crippen molar-refractivity contribution < 1.29 is 8.81 Å². The fourth-order valence-electron chi connectivity index (χ4n) is 3.67. The fraction of sp³-hybridized carbons (Fsp3) is 0.182. The van der Waals surface area contributed by atoms with Gasteiger partial charge in [-0.25, -0.2) is 9.37 Å². The number of thiophene rings is 1. The van der Waals surface area contributed by atoms with Crippen LogP contribution >= 0.6 is 23.1 Å². The molecule has 0 aliphatic heterocycles. The highest BCUT2D eigenvalue weighted by molar-refractivity contribution is 7.98. The highest BCUT2D eigenvalue weighted by Crippen LogP contribution is 2.42. The number of nitrogens with zero attached hydrogens (tertiary/aromatic N) is 4. The Hall–Kier alpha value is -3.24. The van der Waals surface area contributed by atoms with Crippen LogP contribution in [0.15, 0.2) is 62.4 Å². The molecular formula is C22H16FN5O2S2. The van der Waals surface area contributed by atoms with Gasteiger partial charge < -0.3 is 9.40 Å². The molecule has 6 rings (SSSR count). The van der Waals surface area contributed by atoms with Gasteiger partial charge in [-0.1, -0.05) is 23.9 Å². The van der Waals surface area contributed by atoms with Crippen molar-refractivity contribution in [1.82, 2.24) is 24.7 Å². The molecule has 0 atom stereocenters. The van der Waals surface area contributed by atoms with Gasteiger partial charge in [0.1, 0.15) is 22.2 Å². The Morgan fingerprint density at radius 1 is 1.19 bits per heavy atom. The lowest BCUT2D eigenvalue weighted by Gasteiger charge is -2.09. The Morgan fingerprint density at radius 2 is 2.06 bits per heavy atom. The summed E-state index contributed by atoms with van der Waals surface area (Å²) in [5, 5.41) is 11.7. The number of furan rings is 1. The van der Waals surface area contributed by atoms with Gasteiger partial charge in [0.25, 0.3) is 5.56 Å². The first-order chi connectivity index (χ1) is 15.7. The summed E-state index contributed by atoms with van der Waals surface area (Å²) < 4.78 is 21.8. The number of H-pyrrole nitrogens is 1. The van der Waals surface area contributed by atoms with Gasteiger partial charge in [0.15, 0.2) is 11.0 Å². The molecule has 0 saturated heterocycles. The normalized spacial score (nSPS) is 13.8. The summed E-state index contributed by atoms with van der Waals surface area (Å²) in [5.41, 5.74) is 0.982. The highest BCUT2D eigenvalue weighted by Gasteiger charge is 2.31. The van der Waals surface area contributed by atoms with Gasteiger partial charge >= 0.3 is 0 Å². The van der Waals surface area contributed by atoms with E-state index in [-0.39, 0.29) is 17.4 Å². The van der Waals surface area contributed by atoms with E-state index in [1.54, 1.807) is 30.5 Å². The van der Waals surface area contributed by atoms with Crippen molar-refractivity contribution in [2.24, 2.45) is 0 Å². The molecule has 1 aromatic carbocycles. The molecule has 0 amide bonds. The second kappa shape index (κ2) is 7.72. The molecule has 0 bridgehead atoms. The maximum atomic E-state index is 14.4. The predicted molar refractivity (Wildman–Crippen MR) is 121 cm³/mol. The number of rotatable bonds is 6. The second-order valence-corrected chi connectivity index (χ2v) is 9.30. The minimum absolute atomic E-state index is 0.200. The average Bonchev–Trinajstić information content (AvgIpc) is 3.18. The summed E-state index contributed by atoms with van der Waals surface area (Å²) >= 11 is 2.84. The molecule has 1 N–H and O–H groups in total. The van der Waals surface area contributed by atoms with Gasteiger partial charge in [-0.05, 0) is 37.1 Å². The Balaban J connectivity index is 1.31. The molecule has 4 heterocycles. The number of nitrogens with one attached hydrogen (secondary N) is 1. The predicted octanol–water partition coefficient (Wildman–Crippen LogP) is 5.27. The number of fused-ring (bicyclic) bond motifs is 1. The molecule has 5 aromatic rings. The first kappa shape index (κ1) is 19.4. The standard InChI is InChI=1S/C22H16FN5O2S2/c23-15-5-2-1-4-13(15)19-26-27-22(28(19)12-7-8-12)32-11-17-24-20(29)18-14(10-31-21(18)25-17)16-6-3-9-30-16/h1-6,9-10,12H,7-8,11H2,(H,24,25,29). The van der Waals surface area contributed by atoms with Gasteiger partial charge in [-0.2, -0.15) is 0 Å². The van der Waals surface area contributed by atoms with Gasteiger partial charge in [0.05, 0.1) is 23.0 Å². The van der Waals surface area contributed by atoms with E-state index in [9.17, 15) is 9.18 Å². The molecule has 10 heteroatoms. The number of halogens is 1. The first-order valence-electron chi connectivity index (χ1n) is 10.1. The summed E-state index contributed by atoms with van der Waals surface area (Å²) in [7, 11) is 0. The molecule has 160 valence electrons. The van der Waals surface area contributed by atoms with Gasteiger partial charge in [-0.3, -0.25) is 9.36 Å². The third-order valence-corrected chi connectivity index (χ3v) is 7.14. The topological polar surface area (TPSA) is 89.6 Å². The molecule has 1 aliphatic carbocycles. The SMILES string of the molecule is O=c1[nH]c(CSc2nnc(-c3ccccc3F)n2C2CC2)nc2scc(-c3ccco3)c12. The van der Waals surface area contributed by atoms with Crippen LogP contribution in [0.3, 0.4) is 0 Å². The molecule has 0 radical (unpaired) electrons. The van der Waals surface area contributed by atoms with Crippen molar-refractivity contribution in [3.05, 3.63) is 70.0 Å². The van der Waals surface area contributed by atoms with E-state index in [4.69, 9.17) is 4.42 Å². The smallest absolute Gasteiger partial charge is 0.260 e. The minimum Gasteiger partial charge on any atom is -0.464 e. The van der Waals surface area contributed by atoms with Crippen LogP contribution in [0.2, 0.25) is 0 Å². The molecule has 7 nitrogen and oxygen atoms in total. The van der Waals surface area contributed by atoms with Gasteiger partial charge in [-0.15, -0.1) is 21.5 Å². The number of hydrogen-bond acceptors (Lipinski definition) is 7. The van der Waals surface area contributed by atoms with Crippen molar-refractivity contribution in [3.63, 3.8) is 0 Å². The number of benzene rings is 1. The fourth-order valence-corrected chi connectivity index (χ4v) is 5.49. The lowest BCUT2D eigenvalue weighted by Crippen LogP contribution is -2.11. The summed E-state index contributed by atoms with van der Waals surface area (Å²) in [6, 6.07) is 10.5. The zero-order valence-electron chi connectivity index (χ0n) is 16.6. The number of aromatic amines is 1. The number of hydrogen-bond donors (Lipinski definition) is 1. The van der Waals surface area contributed by atoms with Crippen molar-refractivity contribution in [2.75, 3.05) is 0 Å². The van der Waals surface area contributed by atoms with Crippen LogP contribution in [0.5, 0.6) is 0 Å². The summed E-state index contributed by atoms with van der Waals surface area (Å²) in [5.74, 6) is 1.83. The average molecular weight is 466 g/mol. The third-order valence-electron chi connectivity index (χ3n) is 5.31. The first-order valence-corrected chi connectivity index (χ1v) is 11.9. The van der Waals surface area contributed by atoms with E-state index in [1.165, 1.54) is 29.2 Å². The number of thioether (sulfide) groups is 1. The maximum absolute atomic E-state index is 14.4. The van der Waals surface area contributed by atoms with Crippen LogP contribution in [0.4, 0.5) is 4.39 Å². The molecule has 1 aliphatic rings. The van der Waals surface area contributed by atoms with E-state index < -0.39 is 0 Å². The zero-order chi connectivity index (χ0) is 21.7. The molecule has 0 unspecified atom stereocenters. The van der Waals surface area contributed by atoms with E-state index in [1.807, 2.05) is 16.0 Å². The van der Waals surface area contributed by atoms with Crippen LogP contribution in [0, 0.1) is 5.82 Å². The van der Waals surface area contributed by atoms with E-state index in [0.717, 1.165) is 18.4 Å². The van der Waals surface area contributed by atoms with Crippen LogP contribution in [0.1, 0.15) is 24.7 Å². The minimum atomic E-state index is -0.320. The van der Waals surface area contributed by atoms with Crippen LogP contribution < -0.4 is 5.56 Å².